The van der Waals surface area contributed by atoms with Gasteiger partial charge in [-0.05, 0) is 30.2 Å². The highest BCUT2D eigenvalue weighted by molar-refractivity contribution is 5.90. The predicted octanol–water partition coefficient (Wildman–Crippen LogP) is 2.24. The maximum absolute atomic E-state index is 11.8. The molecule has 0 atom stereocenters. The molecule has 1 heterocycles. The lowest BCUT2D eigenvalue weighted by Gasteiger charge is -2.36. The molecule has 0 aliphatic carbocycles. The lowest BCUT2D eigenvalue weighted by Crippen LogP contribution is -2.50. The summed E-state index contributed by atoms with van der Waals surface area (Å²) in [5.41, 5.74) is 1.97. The Morgan fingerprint density at radius 3 is 2.35 bits per heavy atom. The van der Waals surface area contributed by atoms with Gasteiger partial charge in [0.05, 0.1) is 0 Å². The van der Waals surface area contributed by atoms with Gasteiger partial charge in [0.1, 0.15) is 0 Å². The van der Waals surface area contributed by atoms with E-state index in [9.17, 15) is 4.79 Å². The third-order valence-corrected chi connectivity index (χ3v) is 2.99. The van der Waals surface area contributed by atoms with Gasteiger partial charge in [0.2, 0.25) is 0 Å². The van der Waals surface area contributed by atoms with Crippen LogP contribution in [0.25, 0.3) is 0 Å². The lowest BCUT2D eigenvalue weighted by molar-refractivity contribution is 0.141. The van der Waals surface area contributed by atoms with E-state index < -0.39 is 0 Å². The minimum absolute atomic E-state index is 0.000651. The van der Waals surface area contributed by atoms with E-state index in [-0.39, 0.29) is 6.03 Å². The van der Waals surface area contributed by atoms with Gasteiger partial charge in [-0.25, -0.2) is 4.79 Å². The Bertz CT molecular complexity index is 394. The average Bonchev–Trinajstić information content (AvgIpc) is 2.25. The van der Waals surface area contributed by atoms with Crippen LogP contribution in [0.3, 0.4) is 0 Å². The van der Waals surface area contributed by atoms with Crippen LogP contribution in [0.15, 0.2) is 24.3 Å². The summed E-state index contributed by atoms with van der Waals surface area (Å²) in [6, 6.07) is 7.84. The number of nitrogens with one attached hydrogen (secondary N) is 1. The number of rotatable bonds is 2. The molecule has 0 spiro atoms. The molecule has 92 valence electrons. The second kappa shape index (κ2) is 4.65. The zero-order valence-corrected chi connectivity index (χ0v) is 10.6. The second-order valence-electron chi connectivity index (χ2n) is 4.88. The number of carbonyl (C=O) groups is 1. The van der Waals surface area contributed by atoms with Crippen LogP contribution in [0.4, 0.5) is 16.2 Å². The Morgan fingerprint density at radius 2 is 1.88 bits per heavy atom. The minimum atomic E-state index is 0.000651. The fourth-order valence-electron chi connectivity index (χ4n) is 1.91. The van der Waals surface area contributed by atoms with Crippen molar-refractivity contribution in [3.05, 3.63) is 24.3 Å². The largest absolute Gasteiger partial charge is 0.378 e. The highest BCUT2D eigenvalue weighted by atomic mass is 16.2. The van der Waals surface area contributed by atoms with Crippen molar-refractivity contribution in [2.24, 2.45) is 5.92 Å². The SMILES string of the molecule is CC1CN(C(=O)Nc2ccc(N(C)C)cc2)C1. The molecule has 1 N–H and O–H groups in total. The van der Waals surface area contributed by atoms with Crippen molar-refractivity contribution in [1.82, 2.24) is 4.90 Å². The Balaban J connectivity index is 1.92. The Morgan fingerprint density at radius 1 is 1.29 bits per heavy atom. The topological polar surface area (TPSA) is 35.6 Å². The molecule has 1 aliphatic rings. The molecule has 1 aromatic carbocycles. The van der Waals surface area contributed by atoms with Gasteiger partial charge in [-0.2, -0.15) is 0 Å². The van der Waals surface area contributed by atoms with Crippen LogP contribution in [0, 0.1) is 5.92 Å². The summed E-state index contributed by atoms with van der Waals surface area (Å²) in [6.45, 7) is 3.87. The summed E-state index contributed by atoms with van der Waals surface area (Å²) in [7, 11) is 3.99. The zero-order chi connectivity index (χ0) is 12.4. The second-order valence-corrected chi connectivity index (χ2v) is 4.88. The summed E-state index contributed by atoms with van der Waals surface area (Å²) < 4.78 is 0. The van der Waals surface area contributed by atoms with Gasteiger partial charge in [0.25, 0.3) is 0 Å². The average molecular weight is 233 g/mol. The number of nitrogens with zero attached hydrogens (tertiary/aromatic N) is 2. The van der Waals surface area contributed by atoms with Crippen LogP contribution < -0.4 is 10.2 Å². The maximum atomic E-state index is 11.8. The van der Waals surface area contributed by atoms with Gasteiger partial charge in [0, 0.05) is 38.6 Å². The number of hydrogen-bond acceptors (Lipinski definition) is 2. The van der Waals surface area contributed by atoms with E-state index in [2.05, 4.69) is 12.2 Å². The van der Waals surface area contributed by atoms with Gasteiger partial charge in [-0.3, -0.25) is 0 Å². The molecule has 0 radical (unpaired) electrons. The molecule has 0 unspecified atom stereocenters. The van der Waals surface area contributed by atoms with Crippen LogP contribution in [-0.2, 0) is 0 Å². The molecule has 4 heteroatoms. The van der Waals surface area contributed by atoms with Crippen LogP contribution in [0.1, 0.15) is 6.92 Å². The Kier molecular flexibility index (Phi) is 3.22. The molecule has 0 bridgehead atoms. The van der Waals surface area contributed by atoms with Gasteiger partial charge in [0.15, 0.2) is 0 Å². The van der Waals surface area contributed by atoms with Gasteiger partial charge in [-0.15, -0.1) is 0 Å². The van der Waals surface area contributed by atoms with Crippen molar-refractivity contribution < 1.29 is 4.79 Å². The van der Waals surface area contributed by atoms with E-state index in [0.29, 0.717) is 5.92 Å². The maximum Gasteiger partial charge on any atom is 0.321 e. The van der Waals surface area contributed by atoms with Crippen LogP contribution >= 0.6 is 0 Å². The summed E-state index contributed by atoms with van der Waals surface area (Å²) >= 11 is 0. The highest BCUT2D eigenvalue weighted by Crippen LogP contribution is 2.18. The number of amides is 2. The van der Waals surface area contributed by atoms with Crippen LogP contribution in [0.2, 0.25) is 0 Å². The van der Waals surface area contributed by atoms with E-state index in [1.807, 2.05) is 48.2 Å². The first-order valence-electron chi connectivity index (χ1n) is 5.89. The van der Waals surface area contributed by atoms with Crippen molar-refractivity contribution in [2.75, 3.05) is 37.4 Å². The first-order chi connectivity index (χ1) is 8.06. The molecule has 0 aromatic heterocycles. The van der Waals surface area contributed by atoms with Gasteiger partial charge in [-0.1, -0.05) is 6.92 Å². The monoisotopic (exact) mass is 233 g/mol. The van der Waals surface area contributed by atoms with Gasteiger partial charge >= 0.3 is 6.03 Å². The summed E-state index contributed by atoms with van der Waals surface area (Å²) in [5, 5.41) is 2.90. The summed E-state index contributed by atoms with van der Waals surface area (Å²) in [5.74, 6) is 0.636. The van der Waals surface area contributed by atoms with Crippen molar-refractivity contribution in [3.63, 3.8) is 0 Å². The van der Waals surface area contributed by atoms with Crippen molar-refractivity contribution in [3.8, 4) is 0 Å². The molecule has 1 aliphatic heterocycles. The summed E-state index contributed by atoms with van der Waals surface area (Å²) in [4.78, 5) is 15.6. The van der Waals surface area contributed by atoms with Crippen molar-refractivity contribution >= 4 is 17.4 Å². The number of hydrogen-bond donors (Lipinski definition) is 1. The van der Waals surface area contributed by atoms with E-state index in [1.165, 1.54) is 0 Å². The van der Waals surface area contributed by atoms with Crippen LogP contribution in [0.5, 0.6) is 0 Å². The van der Waals surface area contributed by atoms with Crippen molar-refractivity contribution in [2.45, 2.75) is 6.92 Å². The van der Waals surface area contributed by atoms with E-state index in [4.69, 9.17) is 0 Å². The molecule has 17 heavy (non-hydrogen) atoms. The molecule has 1 saturated heterocycles. The fraction of sp³-hybridized carbons (Fsp3) is 0.462. The molecule has 1 fully saturated rings. The standard InChI is InChI=1S/C13H19N3O/c1-10-8-16(9-10)13(17)14-11-4-6-12(7-5-11)15(2)3/h4-7,10H,8-9H2,1-3H3,(H,14,17). The first-order valence-corrected chi connectivity index (χ1v) is 5.89. The third-order valence-electron chi connectivity index (χ3n) is 2.99. The minimum Gasteiger partial charge on any atom is -0.378 e. The smallest absolute Gasteiger partial charge is 0.321 e. The molecular formula is C13H19N3O. The third kappa shape index (κ3) is 2.70. The molecule has 2 amide bonds. The van der Waals surface area contributed by atoms with Crippen LogP contribution in [-0.4, -0.2) is 38.1 Å². The highest BCUT2D eigenvalue weighted by Gasteiger charge is 2.26. The van der Waals surface area contributed by atoms with E-state index in [1.54, 1.807) is 0 Å². The number of urea groups is 1. The molecule has 2 rings (SSSR count). The van der Waals surface area contributed by atoms with Gasteiger partial charge < -0.3 is 15.1 Å². The number of carbonyl (C=O) groups excluding carboxylic acids is 1. The number of likely N-dealkylation sites (tertiary alicyclic amines) is 1. The molecule has 4 nitrogen and oxygen atoms in total. The molecule has 1 aromatic rings. The lowest BCUT2D eigenvalue weighted by atomic mass is 10.0. The normalized spacial score (nSPS) is 15.4. The van der Waals surface area contributed by atoms with Crippen molar-refractivity contribution in [1.29, 1.82) is 0 Å². The van der Waals surface area contributed by atoms with E-state index >= 15 is 0 Å². The predicted molar refractivity (Wildman–Crippen MR) is 70.5 cm³/mol. The Hall–Kier alpha value is -1.71. The molecular weight excluding hydrogens is 214 g/mol. The Labute approximate surface area is 102 Å². The number of benzene rings is 1. The molecule has 0 saturated carbocycles. The summed E-state index contributed by atoms with van der Waals surface area (Å²) in [6.07, 6.45) is 0. The number of anilines is 2. The fourth-order valence-corrected chi connectivity index (χ4v) is 1.91. The first kappa shape index (κ1) is 11.8. The quantitative estimate of drug-likeness (QED) is 0.850. The van der Waals surface area contributed by atoms with E-state index in [0.717, 1.165) is 24.5 Å². The zero-order valence-electron chi connectivity index (χ0n) is 10.6.